The van der Waals surface area contributed by atoms with Crippen LogP contribution in [0, 0.1) is 11.7 Å². The van der Waals surface area contributed by atoms with Crippen LogP contribution in [0.2, 0.25) is 0 Å². The number of nitrogens with zero attached hydrogens (tertiary/aromatic N) is 3. The van der Waals surface area contributed by atoms with Gasteiger partial charge in [-0.2, -0.15) is 0 Å². The Morgan fingerprint density at radius 3 is 2.33 bits per heavy atom. The van der Waals surface area contributed by atoms with Crippen molar-refractivity contribution in [3.8, 4) is 0 Å². The molecule has 11 nitrogen and oxygen atoms in total. The normalized spacial score (nSPS) is 22.5. The summed E-state index contributed by atoms with van der Waals surface area (Å²) in [4.78, 5) is 33.3. The lowest BCUT2D eigenvalue weighted by Crippen LogP contribution is -2.55. The van der Waals surface area contributed by atoms with Crippen LogP contribution in [-0.4, -0.2) is 147 Å². The Morgan fingerprint density at radius 1 is 1.07 bits per heavy atom. The smallest absolute Gasteiger partial charge is 0.256 e. The summed E-state index contributed by atoms with van der Waals surface area (Å²) in [5, 5.41) is 21.5. The van der Waals surface area contributed by atoms with E-state index in [1.165, 1.54) is 30.2 Å². The summed E-state index contributed by atoms with van der Waals surface area (Å²) in [6, 6.07) is 5.33. The molecule has 1 saturated heterocycles. The van der Waals surface area contributed by atoms with Crippen molar-refractivity contribution in [2.75, 3.05) is 86.0 Å². The van der Waals surface area contributed by atoms with Crippen molar-refractivity contribution in [2.24, 2.45) is 5.92 Å². The van der Waals surface area contributed by atoms with Gasteiger partial charge in [0.2, 0.25) is 5.91 Å². The Bertz CT molecular complexity index is 977. The van der Waals surface area contributed by atoms with Crippen LogP contribution >= 0.6 is 0 Å². The maximum atomic E-state index is 14.9. The Balaban J connectivity index is 2.49. The number of carbonyl (C=O) groups is 2. The lowest BCUT2D eigenvalue weighted by atomic mass is 9.99. The van der Waals surface area contributed by atoms with E-state index >= 15 is 0 Å². The van der Waals surface area contributed by atoms with Crippen molar-refractivity contribution < 1.29 is 43.1 Å². The summed E-state index contributed by atoms with van der Waals surface area (Å²) in [6.45, 7) is 12.0. The van der Waals surface area contributed by atoms with Gasteiger partial charge in [-0.05, 0) is 51.2 Å². The minimum Gasteiger partial charge on any atom is -0.388 e. The standard InChI is InChI=1S/C33H56FN3O8/c1-6-43-18-15-35(16-19-44-7-2)23-31(39)37-14-10-11-17-45-24-29(38)32(40)30(42-5)22-36(21-26(37)20-25(3)4)33(41)27-12-8-9-13-28(27)34/h8-9,12-13,25-26,29-30,32,38,40H,6-7,10-11,14-24H2,1-5H3/t26-,29-,30-,32-/m1/s1. The lowest BCUT2D eigenvalue weighted by Gasteiger charge is -2.39. The van der Waals surface area contributed by atoms with Crippen molar-refractivity contribution >= 4 is 11.8 Å². The number of halogens is 1. The van der Waals surface area contributed by atoms with Crippen molar-refractivity contribution in [3.63, 3.8) is 0 Å². The first-order valence-electron chi connectivity index (χ1n) is 16.3. The topological polar surface area (TPSA) is 121 Å². The van der Waals surface area contributed by atoms with E-state index < -0.39 is 36.1 Å². The van der Waals surface area contributed by atoms with E-state index in [1.807, 2.05) is 23.6 Å². The molecular formula is C33H56FN3O8. The third-order valence-electron chi connectivity index (χ3n) is 7.90. The number of hydrogen-bond acceptors (Lipinski definition) is 9. The Morgan fingerprint density at radius 2 is 1.73 bits per heavy atom. The molecule has 0 unspecified atom stereocenters. The third-order valence-corrected chi connectivity index (χ3v) is 7.90. The highest BCUT2D eigenvalue weighted by Crippen LogP contribution is 2.20. The van der Waals surface area contributed by atoms with E-state index in [2.05, 4.69) is 13.8 Å². The number of ether oxygens (including phenoxy) is 4. The summed E-state index contributed by atoms with van der Waals surface area (Å²) in [5.41, 5.74) is -0.119. The van der Waals surface area contributed by atoms with Gasteiger partial charge in [-0.25, -0.2) is 4.39 Å². The van der Waals surface area contributed by atoms with E-state index in [0.717, 1.165) is 0 Å². The van der Waals surface area contributed by atoms with Crippen molar-refractivity contribution in [1.82, 2.24) is 14.7 Å². The molecule has 1 heterocycles. The number of aliphatic hydroxyl groups is 2. The van der Waals surface area contributed by atoms with Crippen LogP contribution < -0.4 is 0 Å². The van der Waals surface area contributed by atoms with Crippen molar-refractivity contribution in [1.29, 1.82) is 0 Å². The number of amides is 2. The summed E-state index contributed by atoms with van der Waals surface area (Å²) < 4.78 is 37.2. The third kappa shape index (κ3) is 13.6. The minimum absolute atomic E-state index is 0.0845. The number of benzene rings is 1. The summed E-state index contributed by atoms with van der Waals surface area (Å²) >= 11 is 0. The predicted octanol–water partition coefficient (Wildman–Crippen LogP) is 2.43. The molecule has 1 aromatic rings. The molecule has 2 N–H and O–H groups in total. The first-order valence-corrected chi connectivity index (χ1v) is 16.3. The molecule has 0 bridgehead atoms. The molecule has 12 heteroatoms. The largest absolute Gasteiger partial charge is 0.388 e. The maximum Gasteiger partial charge on any atom is 0.256 e. The van der Waals surface area contributed by atoms with Gasteiger partial charge < -0.3 is 39.0 Å². The van der Waals surface area contributed by atoms with Crippen LogP contribution in [0.1, 0.15) is 57.3 Å². The Kier molecular flexibility index (Phi) is 18.7. The average Bonchev–Trinajstić information content (AvgIpc) is 3.01. The van der Waals surface area contributed by atoms with Crippen molar-refractivity contribution in [2.45, 2.75) is 71.3 Å². The van der Waals surface area contributed by atoms with E-state index in [-0.39, 0.29) is 43.6 Å². The first-order chi connectivity index (χ1) is 21.6. The number of hydrogen-bond donors (Lipinski definition) is 2. The highest BCUT2D eigenvalue weighted by atomic mass is 19.1. The van der Waals surface area contributed by atoms with E-state index in [9.17, 15) is 24.2 Å². The summed E-state index contributed by atoms with van der Waals surface area (Å²) in [7, 11) is 1.39. The van der Waals surface area contributed by atoms with Gasteiger partial charge in [-0.3, -0.25) is 14.5 Å². The quantitative estimate of drug-likeness (QED) is 0.295. The molecule has 2 amide bonds. The number of carbonyl (C=O) groups excluding carboxylic acids is 2. The summed E-state index contributed by atoms with van der Waals surface area (Å²) in [5.74, 6) is -1.16. The number of methoxy groups -OCH3 is 1. The number of rotatable bonds is 14. The molecule has 45 heavy (non-hydrogen) atoms. The molecule has 1 fully saturated rings. The van der Waals surface area contributed by atoms with Crippen LogP contribution in [-0.2, 0) is 23.7 Å². The van der Waals surface area contributed by atoms with E-state index in [0.29, 0.717) is 71.9 Å². The fourth-order valence-electron chi connectivity index (χ4n) is 5.46. The van der Waals surface area contributed by atoms with Gasteiger partial charge in [0.1, 0.15) is 24.1 Å². The van der Waals surface area contributed by atoms with Crippen LogP contribution in [0.4, 0.5) is 4.39 Å². The van der Waals surface area contributed by atoms with Gasteiger partial charge in [0.05, 0.1) is 31.9 Å². The highest BCUT2D eigenvalue weighted by Gasteiger charge is 2.34. The molecule has 0 aliphatic carbocycles. The van der Waals surface area contributed by atoms with Crippen LogP contribution in [0.25, 0.3) is 0 Å². The Labute approximate surface area is 268 Å². The molecule has 0 saturated carbocycles. The molecule has 2 rings (SSSR count). The van der Waals surface area contributed by atoms with Crippen LogP contribution in [0.3, 0.4) is 0 Å². The first kappa shape index (κ1) is 39.0. The SMILES string of the molecule is CCOCCN(CCOCC)CC(=O)N1CCCCOC[C@@H](O)[C@@H](O)[C@H](OC)CN(C(=O)c2ccccc2F)C[C@H]1CC(C)C. The molecule has 0 aromatic heterocycles. The lowest BCUT2D eigenvalue weighted by molar-refractivity contribution is -0.136. The number of aliphatic hydroxyl groups excluding tert-OH is 2. The van der Waals surface area contributed by atoms with Gasteiger partial charge in [0, 0.05) is 65.7 Å². The maximum absolute atomic E-state index is 14.9. The zero-order valence-corrected chi connectivity index (χ0v) is 27.9. The molecule has 1 aliphatic heterocycles. The highest BCUT2D eigenvalue weighted by molar-refractivity contribution is 5.94. The van der Waals surface area contributed by atoms with E-state index in [4.69, 9.17) is 18.9 Å². The fourth-order valence-corrected chi connectivity index (χ4v) is 5.46. The second-order valence-electron chi connectivity index (χ2n) is 11.8. The molecule has 258 valence electrons. The fraction of sp³-hybridized carbons (Fsp3) is 0.758. The van der Waals surface area contributed by atoms with Gasteiger partial charge in [-0.15, -0.1) is 0 Å². The molecule has 4 atom stereocenters. The zero-order chi connectivity index (χ0) is 33.2. The van der Waals surface area contributed by atoms with Crippen LogP contribution in [0.15, 0.2) is 24.3 Å². The van der Waals surface area contributed by atoms with Gasteiger partial charge in [-0.1, -0.05) is 26.0 Å². The average molecular weight is 642 g/mol. The minimum atomic E-state index is -1.36. The molecule has 1 aromatic carbocycles. The van der Waals surface area contributed by atoms with Crippen molar-refractivity contribution in [3.05, 3.63) is 35.6 Å². The van der Waals surface area contributed by atoms with Gasteiger partial charge >= 0.3 is 0 Å². The summed E-state index contributed by atoms with van der Waals surface area (Å²) in [6.07, 6.45) is -1.74. The second kappa shape index (κ2) is 21.6. The van der Waals surface area contributed by atoms with Gasteiger partial charge in [0.15, 0.2) is 0 Å². The van der Waals surface area contributed by atoms with E-state index in [1.54, 1.807) is 6.07 Å². The van der Waals surface area contributed by atoms with Crippen LogP contribution in [0.5, 0.6) is 0 Å². The molecule has 0 radical (unpaired) electrons. The molecule has 1 aliphatic rings. The zero-order valence-electron chi connectivity index (χ0n) is 27.9. The monoisotopic (exact) mass is 641 g/mol. The van der Waals surface area contributed by atoms with Gasteiger partial charge in [0.25, 0.3) is 5.91 Å². The second-order valence-corrected chi connectivity index (χ2v) is 11.8. The molecule has 0 spiro atoms. The Hall–Kier alpha value is -2.19. The predicted molar refractivity (Wildman–Crippen MR) is 170 cm³/mol. The molecular weight excluding hydrogens is 585 g/mol.